The second-order valence-electron chi connectivity index (χ2n) is 9.87. The van der Waals surface area contributed by atoms with E-state index in [4.69, 9.17) is 31.4 Å². The van der Waals surface area contributed by atoms with Gasteiger partial charge in [0, 0.05) is 16.0 Å². The van der Waals surface area contributed by atoms with E-state index < -0.39 is 42.0 Å². The predicted molar refractivity (Wildman–Crippen MR) is 171 cm³/mol. The van der Waals surface area contributed by atoms with Gasteiger partial charge in [-0.2, -0.15) is 17.9 Å². The summed E-state index contributed by atoms with van der Waals surface area (Å²) in [5.41, 5.74) is 17.2. The van der Waals surface area contributed by atoms with Crippen LogP contribution in [0.1, 0.15) is 29.6 Å². The molecule has 0 spiro atoms. The number of fused-ring (bicyclic) bond motifs is 1. The summed E-state index contributed by atoms with van der Waals surface area (Å²) in [5, 5.41) is 3.06. The number of hydrogen-bond acceptors (Lipinski definition) is 13. The molecule has 1 amide bonds. The van der Waals surface area contributed by atoms with Gasteiger partial charge in [0.2, 0.25) is 5.75 Å². The second-order valence-corrected chi connectivity index (χ2v) is 14.7. The maximum atomic E-state index is 13.4. The molecule has 1 atom stereocenters. The molecule has 0 aliphatic rings. The van der Waals surface area contributed by atoms with Gasteiger partial charge in [-0.25, -0.2) is 17.8 Å². The number of nitrogens with one attached hydrogen (secondary N) is 2. The van der Waals surface area contributed by atoms with Gasteiger partial charge in [-0.3, -0.25) is 4.79 Å². The van der Waals surface area contributed by atoms with E-state index in [1.807, 2.05) is 0 Å². The van der Waals surface area contributed by atoms with Crippen molar-refractivity contribution < 1.29 is 59.4 Å². The summed E-state index contributed by atoms with van der Waals surface area (Å²) in [6.45, 7) is 1.86. The minimum absolute atomic E-state index is 0.143. The highest BCUT2D eigenvalue weighted by molar-refractivity contribution is 7.92. The summed E-state index contributed by atoms with van der Waals surface area (Å²) >= 11 is 0.734. The molecule has 0 fully saturated rings. The Labute approximate surface area is 277 Å². The first kappa shape index (κ1) is 39.0. The molecule has 0 aliphatic carbocycles. The summed E-state index contributed by atoms with van der Waals surface area (Å²) in [6, 6.07) is 8.61. The first-order valence-corrected chi connectivity index (χ1v) is 18.3. The van der Waals surface area contributed by atoms with E-state index in [1.165, 1.54) is 36.4 Å². The van der Waals surface area contributed by atoms with Crippen molar-refractivity contribution in [2.75, 3.05) is 51.1 Å². The maximum absolute atomic E-state index is 13.4. The number of benzene rings is 2. The second kappa shape index (κ2) is 17.3. The van der Waals surface area contributed by atoms with Crippen LogP contribution in [0.15, 0.2) is 40.6 Å². The zero-order valence-corrected chi connectivity index (χ0v) is 27.8. The van der Waals surface area contributed by atoms with Crippen molar-refractivity contribution in [3.63, 3.8) is 0 Å². The van der Waals surface area contributed by atoms with Gasteiger partial charge in [-0.05, 0) is 80.7 Å². The molecule has 3 rings (SSSR count). The molecule has 15 nitrogen and oxygen atoms in total. The Bertz CT molecular complexity index is 1710. The van der Waals surface area contributed by atoms with E-state index in [-0.39, 0.29) is 52.5 Å². The highest BCUT2D eigenvalue weighted by atomic mass is 32.2. The molecule has 3 aromatic rings. The third kappa shape index (κ3) is 11.3. The Balaban J connectivity index is 1.83. The lowest BCUT2D eigenvalue weighted by Crippen LogP contribution is -2.28. The number of rotatable bonds is 19. The number of nitrogens with two attached hydrogens (primary N) is 3. The normalized spacial score (nSPS) is 13.1. The average molecular weight is 742 g/mol. The minimum Gasteiger partial charge on any atom is -0.489 e. The maximum Gasteiger partial charge on any atom is 0.491 e. The molecular formula is C27H35F3N5O10PS2. The number of carbonyl (C=O) groups excluding carboxylic acids is 2. The van der Waals surface area contributed by atoms with Crippen molar-refractivity contribution in [1.82, 2.24) is 4.72 Å². The van der Waals surface area contributed by atoms with Crippen LogP contribution in [0.2, 0.25) is 0 Å². The molecule has 266 valence electrons. The highest BCUT2D eigenvalue weighted by Gasteiger charge is 2.45. The van der Waals surface area contributed by atoms with Crippen LogP contribution in [0.4, 0.5) is 18.9 Å². The van der Waals surface area contributed by atoms with Crippen molar-refractivity contribution in [2.45, 2.75) is 29.6 Å². The number of hydrogen-bond donors (Lipinski definition) is 6. The summed E-state index contributed by atoms with van der Waals surface area (Å²) in [6.07, 6.45) is -5.45. The molecule has 0 radical (unpaired) electrons. The lowest BCUT2D eigenvalue weighted by Gasteiger charge is -2.18. The number of amides is 1. The first-order valence-electron chi connectivity index (χ1n) is 14.2. The Morgan fingerprint density at radius 2 is 1.46 bits per heavy atom. The lowest BCUT2D eigenvalue weighted by atomic mass is 10.1. The molecule has 0 bridgehead atoms. The van der Waals surface area contributed by atoms with Crippen LogP contribution in [-0.4, -0.2) is 77.1 Å². The molecule has 0 saturated heterocycles. The van der Waals surface area contributed by atoms with Crippen LogP contribution in [0.3, 0.4) is 0 Å². The van der Waals surface area contributed by atoms with Crippen molar-refractivity contribution >= 4 is 56.6 Å². The van der Waals surface area contributed by atoms with E-state index in [0.717, 1.165) is 11.3 Å². The average Bonchev–Trinajstić information content (AvgIpc) is 3.45. The largest absolute Gasteiger partial charge is 0.491 e. The fraction of sp³-hybridized carbons (Fsp3) is 0.407. The van der Waals surface area contributed by atoms with Crippen LogP contribution in [0, 0.1) is 0 Å². The zero-order chi connectivity index (χ0) is 35.5. The van der Waals surface area contributed by atoms with Gasteiger partial charge in [-0.15, -0.1) is 11.3 Å². The lowest BCUT2D eigenvalue weighted by molar-refractivity contribution is -0.190. The van der Waals surface area contributed by atoms with Gasteiger partial charge < -0.3 is 46.1 Å². The van der Waals surface area contributed by atoms with Crippen LogP contribution in [0.5, 0.6) is 17.2 Å². The molecule has 48 heavy (non-hydrogen) atoms. The smallest absolute Gasteiger partial charge is 0.489 e. The summed E-state index contributed by atoms with van der Waals surface area (Å²) in [5.74, 6) is -2.75. The number of sulfonamides is 1. The fourth-order valence-corrected chi connectivity index (χ4v) is 7.58. The molecule has 0 saturated carbocycles. The molecule has 1 aromatic heterocycles. The van der Waals surface area contributed by atoms with Gasteiger partial charge in [0.15, 0.2) is 11.5 Å². The van der Waals surface area contributed by atoms with Crippen LogP contribution >= 0.6 is 18.9 Å². The predicted octanol–water partition coefficient (Wildman–Crippen LogP) is 2.86. The Morgan fingerprint density at radius 3 is 2.00 bits per heavy atom. The minimum atomic E-state index is -5.56. The summed E-state index contributed by atoms with van der Waals surface area (Å²) < 4.78 is 97.3. The molecule has 0 aliphatic heterocycles. The quantitative estimate of drug-likeness (QED) is 0.0766. The van der Waals surface area contributed by atoms with E-state index >= 15 is 0 Å². The zero-order valence-electron chi connectivity index (χ0n) is 25.3. The van der Waals surface area contributed by atoms with Crippen molar-refractivity contribution in [2.24, 2.45) is 17.2 Å². The highest BCUT2D eigenvalue weighted by Crippen LogP contribution is 2.43. The first-order chi connectivity index (χ1) is 22.6. The molecular weight excluding hydrogens is 706 g/mol. The number of anilines is 1. The summed E-state index contributed by atoms with van der Waals surface area (Å²) in [4.78, 5) is 33.8. The third-order valence-corrected chi connectivity index (χ3v) is 10.2. The van der Waals surface area contributed by atoms with Crippen LogP contribution in [-0.2, 0) is 23.9 Å². The van der Waals surface area contributed by atoms with E-state index in [2.05, 4.69) is 9.84 Å². The van der Waals surface area contributed by atoms with E-state index in [9.17, 15) is 40.6 Å². The monoisotopic (exact) mass is 741 g/mol. The topological polar surface area (TPSA) is 245 Å². The standard InChI is InChI=1S/C27H35F3N5O10PS2/c28-27(29,30)26(37)45-46(38,39)16-34-48(40,41)23-15-17-12-19(4-5-22(17)47-23)35-25(36)18-13-20(42-9-1-6-31)24(44-11-3-8-33)21(14-18)43-10-2-7-32/h4-5,12-15,34H,1-3,6-11,16,31-33H2,(H,35,36)(H,38,39). The number of thiophene rings is 1. The van der Waals surface area contributed by atoms with Crippen LogP contribution < -0.4 is 41.5 Å². The molecule has 2 aromatic carbocycles. The van der Waals surface area contributed by atoms with Gasteiger partial charge in [0.1, 0.15) is 10.5 Å². The molecule has 21 heteroatoms. The number of carbonyl (C=O) groups is 2. The fourth-order valence-electron chi connectivity index (χ4n) is 3.74. The Hall–Kier alpha value is -3.49. The van der Waals surface area contributed by atoms with Gasteiger partial charge in [-0.1, -0.05) is 0 Å². The molecule has 1 heterocycles. The molecule has 1 unspecified atom stereocenters. The molecule has 9 N–H and O–H groups in total. The van der Waals surface area contributed by atoms with Gasteiger partial charge in [0.25, 0.3) is 15.9 Å². The number of halogens is 3. The number of ether oxygens (including phenoxy) is 3. The third-order valence-electron chi connectivity index (χ3n) is 6.02. The van der Waals surface area contributed by atoms with Crippen molar-refractivity contribution in [1.29, 1.82) is 0 Å². The SMILES string of the molecule is NCCCOc1cc(C(=O)Nc2ccc3sc(S(=O)(=O)NCP(=O)(O)OC(=O)C(F)(F)F)cc3c2)cc(OCCCN)c1OCCCN. The van der Waals surface area contributed by atoms with E-state index in [0.29, 0.717) is 49.0 Å². The summed E-state index contributed by atoms with van der Waals surface area (Å²) in [7, 11) is -9.86. The number of alkyl halides is 3. The Kier molecular flexibility index (Phi) is 14.0. The van der Waals surface area contributed by atoms with Crippen molar-refractivity contribution in [3.8, 4) is 17.2 Å². The van der Waals surface area contributed by atoms with E-state index in [1.54, 1.807) is 4.72 Å². The van der Waals surface area contributed by atoms with Gasteiger partial charge >= 0.3 is 19.7 Å². The van der Waals surface area contributed by atoms with Gasteiger partial charge in [0.05, 0.1) is 19.8 Å². The van der Waals surface area contributed by atoms with Crippen molar-refractivity contribution in [3.05, 3.63) is 42.0 Å². The van der Waals surface area contributed by atoms with Crippen LogP contribution in [0.25, 0.3) is 10.1 Å². The Morgan fingerprint density at radius 1 is 0.896 bits per heavy atom.